The Labute approximate surface area is 126 Å². The van der Waals surface area contributed by atoms with Crippen LogP contribution in [0.4, 0.5) is 14.5 Å². The van der Waals surface area contributed by atoms with Gasteiger partial charge in [-0.15, -0.1) is 0 Å². The van der Waals surface area contributed by atoms with Crippen molar-refractivity contribution in [3.63, 3.8) is 0 Å². The monoisotopic (exact) mass is 393 g/mol. The van der Waals surface area contributed by atoms with Gasteiger partial charge in [-0.3, -0.25) is 4.79 Å². The fourth-order valence-corrected chi connectivity index (χ4v) is 2.61. The Hall–Kier alpha value is -1.21. The molecule has 19 heavy (non-hydrogen) atoms. The number of carbonyl (C=O) groups excluding carboxylic acids is 1. The molecule has 0 heterocycles. The van der Waals surface area contributed by atoms with Crippen molar-refractivity contribution >= 4 is 45.8 Å². The molecule has 0 aliphatic heterocycles. The van der Waals surface area contributed by atoms with Crippen LogP contribution in [0.2, 0.25) is 5.02 Å². The third-order valence-electron chi connectivity index (χ3n) is 2.30. The molecule has 1 N–H and O–H groups in total. The third-order valence-corrected chi connectivity index (χ3v) is 3.42. The molecule has 2 aromatic carbocycles. The normalized spacial score (nSPS) is 10.3. The molecular formula is C13H7ClF2INO. The second-order valence-corrected chi connectivity index (χ2v) is 5.34. The van der Waals surface area contributed by atoms with E-state index in [2.05, 4.69) is 5.32 Å². The summed E-state index contributed by atoms with van der Waals surface area (Å²) in [4.78, 5) is 12.0. The molecule has 6 heteroatoms. The number of halogens is 4. The van der Waals surface area contributed by atoms with Crippen LogP contribution < -0.4 is 5.32 Å². The molecular weight excluding hydrogens is 387 g/mol. The quantitative estimate of drug-likeness (QED) is 0.749. The summed E-state index contributed by atoms with van der Waals surface area (Å²) in [7, 11) is 0. The lowest BCUT2D eigenvalue weighted by Crippen LogP contribution is -2.13. The molecule has 98 valence electrons. The molecule has 0 aliphatic carbocycles. The van der Waals surface area contributed by atoms with Crippen molar-refractivity contribution in [1.29, 1.82) is 0 Å². The molecule has 0 bridgehead atoms. The number of anilines is 1. The Balaban J connectivity index is 2.25. The molecule has 0 spiro atoms. The van der Waals surface area contributed by atoms with E-state index in [0.29, 0.717) is 14.2 Å². The van der Waals surface area contributed by atoms with Crippen LogP contribution in [-0.4, -0.2) is 5.91 Å². The molecule has 0 saturated carbocycles. The fraction of sp³-hybridized carbons (Fsp3) is 0. The summed E-state index contributed by atoms with van der Waals surface area (Å²) in [6, 6.07) is 7.58. The maximum absolute atomic E-state index is 13.0. The topological polar surface area (TPSA) is 29.1 Å². The highest BCUT2D eigenvalue weighted by Crippen LogP contribution is 2.20. The molecule has 2 aromatic rings. The zero-order valence-corrected chi connectivity index (χ0v) is 12.3. The van der Waals surface area contributed by atoms with Crippen LogP contribution in [-0.2, 0) is 0 Å². The maximum atomic E-state index is 13.0. The van der Waals surface area contributed by atoms with Gasteiger partial charge < -0.3 is 5.32 Å². The van der Waals surface area contributed by atoms with Crippen molar-refractivity contribution < 1.29 is 13.6 Å². The SMILES string of the molecule is O=C(Nc1cc(F)cc(F)c1)c1ccc(Cl)cc1I. The molecule has 1 amide bonds. The summed E-state index contributed by atoms with van der Waals surface area (Å²) >= 11 is 7.75. The number of amides is 1. The van der Waals surface area contributed by atoms with Gasteiger partial charge in [-0.1, -0.05) is 11.6 Å². The minimum atomic E-state index is -0.749. The summed E-state index contributed by atoms with van der Waals surface area (Å²) in [6.45, 7) is 0. The van der Waals surface area contributed by atoms with Crippen molar-refractivity contribution in [2.45, 2.75) is 0 Å². The van der Waals surface area contributed by atoms with Crippen LogP contribution in [0.3, 0.4) is 0 Å². The van der Waals surface area contributed by atoms with Crippen molar-refractivity contribution in [3.8, 4) is 0 Å². The van der Waals surface area contributed by atoms with Gasteiger partial charge in [-0.05, 0) is 52.9 Å². The Bertz CT molecular complexity index is 628. The van der Waals surface area contributed by atoms with E-state index < -0.39 is 17.5 Å². The lowest BCUT2D eigenvalue weighted by molar-refractivity contribution is 0.102. The van der Waals surface area contributed by atoms with Gasteiger partial charge in [-0.25, -0.2) is 8.78 Å². The highest BCUT2D eigenvalue weighted by atomic mass is 127. The van der Waals surface area contributed by atoms with E-state index in [4.69, 9.17) is 11.6 Å². The minimum Gasteiger partial charge on any atom is -0.322 e. The van der Waals surface area contributed by atoms with E-state index in [1.54, 1.807) is 18.2 Å². The summed E-state index contributed by atoms with van der Waals surface area (Å²) in [5.41, 5.74) is 0.447. The highest BCUT2D eigenvalue weighted by molar-refractivity contribution is 14.1. The van der Waals surface area contributed by atoms with E-state index >= 15 is 0 Å². The second kappa shape index (κ2) is 5.83. The Morgan fingerprint density at radius 2 is 1.74 bits per heavy atom. The standard InChI is InChI=1S/C13H7ClF2INO/c14-7-1-2-11(12(17)3-7)13(19)18-10-5-8(15)4-9(16)6-10/h1-6H,(H,18,19). The number of hydrogen-bond donors (Lipinski definition) is 1. The first-order chi connectivity index (χ1) is 8.95. The Kier molecular flexibility index (Phi) is 4.36. The van der Waals surface area contributed by atoms with Gasteiger partial charge >= 0.3 is 0 Å². The predicted molar refractivity (Wildman–Crippen MR) is 78.5 cm³/mol. The predicted octanol–water partition coefficient (Wildman–Crippen LogP) is 4.48. The van der Waals surface area contributed by atoms with Gasteiger partial charge in [0.2, 0.25) is 0 Å². The van der Waals surface area contributed by atoms with Crippen molar-refractivity contribution in [3.05, 3.63) is 62.2 Å². The van der Waals surface area contributed by atoms with Crippen molar-refractivity contribution in [2.24, 2.45) is 0 Å². The first kappa shape index (κ1) is 14.2. The molecule has 0 fully saturated rings. The molecule has 0 radical (unpaired) electrons. The number of carbonyl (C=O) groups is 1. The molecule has 0 aliphatic rings. The van der Waals surface area contributed by atoms with Gasteiger partial charge in [0.25, 0.3) is 5.91 Å². The van der Waals surface area contributed by atoms with Gasteiger partial charge in [0, 0.05) is 20.3 Å². The molecule has 0 unspecified atom stereocenters. The largest absolute Gasteiger partial charge is 0.322 e. The van der Waals surface area contributed by atoms with Gasteiger partial charge in [0.15, 0.2) is 0 Å². The summed E-state index contributed by atoms with van der Waals surface area (Å²) in [5.74, 6) is -1.95. The average molecular weight is 394 g/mol. The second-order valence-electron chi connectivity index (χ2n) is 3.74. The van der Waals surface area contributed by atoms with Gasteiger partial charge in [0.05, 0.1) is 5.56 Å². The van der Waals surface area contributed by atoms with Crippen LogP contribution in [0.25, 0.3) is 0 Å². The minimum absolute atomic E-state index is 0.0632. The first-order valence-electron chi connectivity index (χ1n) is 5.18. The van der Waals surface area contributed by atoms with Crippen molar-refractivity contribution in [1.82, 2.24) is 0 Å². The van der Waals surface area contributed by atoms with Crippen LogP contribution in [0.5, 0.6) is 0 Å². The lowest BCUT2D eigenvalue weighted by atomic mass is 10.2. The molecule has 0 aromatic heterocycles. The average Bonchev–Trinajstić information content (AvgIpc) is 2.26. The van der Waals surface area contributed by atoms with E-state index in [9.17, 15) is 13.6 Å². The zero-order valence-electron chi connectivity index (χ0n) is 9.38. The van der Waals surface area contributed by atoms with Crippen LogP contribution >= 0.6 is 34.2 Å². The highest BCUT2D eigenvalue weighted by Gasteiger charge is 2.11. The van der Waals surface area contributed by atoms with E-state index in [0.717, 1.165) is 18.2 Å². The fourth-order valence-electron chi connectivity index (χ4n) is 1.50. The summed E-state index contributed by atoms with van der Waals surface area (Å²) in [5, 5.41) is 2.95. The lowest BCUT2D eigenvalue weighted by Gasteiger charge is -2.07. The Morgan fingerprint density at radius 3 is 2.32 bits per heavy atom. The van der Waals surface area contributed by atoms with Gasteiger partial charge in [-0.2, -0.15) is 0 Å². The number of hydrogen-bond acceptors (Lipinski definition) is 1. The van der Waals surface area contributed by atoms with Crippen LogP contribution in [0.15, 0.2) is 36.4 Å². The first-order valence-corrected chi connectivity index (χ1v) is 6.64. The Morgan fingerprint density at radius 1 is 1.11 bits per heavy atom. The smallest absolute Gasteiger partial charge is 0.256 e. The van der Waals surface area contributed by atoms with Crippen LogP contribution in [0, 0.1) is 15.2 Å². The summed E-state index contributed by atoms with van der Waals surface area (Å²) < 4.78 is 26.7. The van der Waals surface area contributed by atoms with Crippen LogP contribution in [0.1, 0.15) is 10.4 Å². The third kappa shape index (κ3) is 3.63. The zero-order chi connectivity index (χ0) is 14.0. The molecule has 0 saturated heterocycles. The van der Waals surface area contributed by atoms with Crippen molar-refractivity contribution in [2.75, 3.05) is 5.32 Å². The molecule has 2 rings (SSSR count). The van der Waals surface area contributed by atoms with E-state index in [-0.39, 0.29) is 5.69 Å². The van der Waals surface area contributed by atoms with E-state index in [1.807, 2.05) is 22.6 Å². The number of rotatable bonds is 2. The van der Waals surface area contributed by atoms with E-state index in [1.165, 1.54) is 0 Å². The number of nitrogens with one attached hydrogen (secondary N) is 1. The molecule has 0 atom stereocenters. The number of benzene rings is 2. The van der Waals surface area contributed by atoms with Gasteiger partial charge in [0.1, 0.15) is 11.6 Å². The molecule has 2 nitrogen and oxygen atoms in total. The maximum Gasteiger partial charge on any atom is 0.256 e. The summed E-state index contributed by atoms with van der Waals surface area (Å²) in [6.07, 6.45) is 0.